The number of urea groups is 1. The molecule has 178 valence electrons. The lowest BCUT2D eigenvalue weighted by molar-refractivity contribution is -0.138. The van der Waals surface area contributed by atoms with Gasteiger partial charge in [0.05, 0.1) is 11.8 Å². The summed E-state index contributed by atoms with van der Waals surface area (Å²) in [5.74, 6) is -0.496. The molecule has 7 nitrogen and oxygen atoms in total. The molecule has 0 bridgehead atoms. The number of rotatable bonds is 6. The van der Waals surface area contributed by atoms with Gasteiger partial charge in [0, 0.05) is 6.42 Å². The second-order valence-electron chi connectivity index (χ2n) is 9.53. The normalized spacial score (nSPS) is 20.0. The van der Waals surface area contributed by atoms with E-state index in [4.69, 9.17) is 5.10 Å². The minimum atomic E-state index is -0.588. The zero-order valence-corrected chi connectivity index (χ0v) is 19.8. The lowest BCUT2D eigenvalue weighted by atomic mass is 9.97. The minimum Gasteiger partial charge on any atom is -0.326 e. The van der Waals surface area contributed by atoms with Crippen molar-refractivity contribution in [3.05, 3.63) is 83.9 Å². The van der Waals surface area contributed by atoms with Crippen LogP contribution < -0.4 is 5.32 Å². The van der Waals surface area contributed by atoms with E-state index < -0.39 is 12.1 Å². The molecular formula is C28H28N4O3. The monoisotopic (exact) mass is 468 g/mol. The number of amides is 4. The fourth-order valence-electron chi connectivity index (χ4n) is 4.78. The average molecular weight is 469 g/mol. The second kappa shape index (κ2) is 9.33. The molecule has 0 aromatic heterocycles. The van der Waals surface area contributed by atoms with E-state index in [9.17, 15) is 14.4 Å². The van der Waals surface area contributed by atoms with Crippen LogP contribution >= 0.6 is 0 Å². The topological polar surface area (TPSA) is 82.1 Å². The molecule has 5 rings (SSSR count). The second-order valence-corrected chi connectivity index (χ2v) is 9.53. The molecule has 0 aliphatic carbocycles. The summed E-state index contributed by atoms with van der Waals surface area (Å²) in [5.41, 5.74) is 2.70. The van der Waals surface area contributed by atoms with Crippen LogP contribution in [0, 0.1) is 5.92 Å². The fourth-order valence-corrected chi connectivity index (χ4v) is 4.78. The van der Waals surface area contributed by atoms with Gasteiger partial charge < -0.3 is 5.32 Å². The standard InChI is InChI=1S/C28H28N4O3/c1-18(2)14-24-27(34)31(28(35)29-24)17-26(33)32-25(20-9-4-3-5-10-20)16-23(30-32)22-13-12-19-8-6-7-11-21(19)15-22/h3-13,15,18,24-25H,14,16-17H2,1-2H3,(H,29,35). The molecule has 3 aromatic carbocycles. The third kappa shape index (κ3) is 4.54. The van der Waals surface area contributed by atoms with Crippen molar-refractivity contribution in [2.45, 2.75) is 38.8 Å². The predicted molar refractivity (Wildman–Crippen MR) is 135 cm³/mol. The van der Waals surface area contributed by atoms with Gasteiger partial charge in [0.2, 0.25) is 0 Å². The summed E-state index contributed by atoms with van der Waals surface area (Å²) in [6.07, 6.45) is 1.08. The number of nitrogens with zero attached hydrogens (tertiary/aromatic N) is 3. The van der Waals surface area contributed by atoms with Gasteiger partial charge in [-0.05, 0) is 40.3 Å². The van der Waals surface area contributed by atoms with Crippen LogP contribution in [0.5, 0.6) is 0 Å². The molecule has 7 heteroatoms. The molecule has 0 spiro atoms. The lowest BCUT2D eigenvalue weighted by Crippen LogP contribution is -2.41. The summed E-state index contributed by atoms with van der Waals surface area (Å²) in [4.78, 5) is 39.7. The summed E-state index contributed by atoms with van der Waals surface area (Å²) in [5, 5.41) is 11.1. The Morgan fingerprint density at radius 2 is 1.71 bits per heavy atom. The average Bonchev–Trinajstić information content (AvgIpc) is 3.41. The number of hydrogen-bond donors (Lipinski definition) is 1. The first-order valence-corrected chi connectivity index (χ1v) is 12.0. The van der Waals surface area contributed by atoms with Gasteiger partial charge in [-0.25, -0.2) is 9.80 Å². The number of carbonyl (C=O) groups excluding carboxylic acids is 3. The molecule has 2 heterocycles. The van der Waals surface area contributed by atoms with E-state index in [1.807, 2.05) is 62.4 Å². The van der Waals surface area contributed by atoms with E-state index in [-0.39, 0.29) is 30.3 Å². The summed E-state index contributed by atoms with van der Waals surface area (Å²) in [6.45, 7) is 3.65. The predicted octanol–water partition coefficient (Wildman–Crippen LogP) is 4.48. The maximum atomic E-state index is 13.4. The van der Waals surface area contributed by atoms with Crippen LogP contribution in [0.3, 0.4) is 0 Å². The Morgan fingerprint density at radius 3 is 2.46 bits per heavy atom. The van der Waals surface area contributed by atoms with Crippen molar-refractivity contribution in [2.75, 3.05) is 6.54 Å². The Bertz CT molecular complexity index is 1320. The van der Waals surface area contributed by atoms with Crippen molar-refractivity contribution in [1.29, 1.82) is 0 Å². The molecule has 1 fully saturated rings. The summed E-state index contributed by atoms with van der Waals surface area (Å²) >= 11 is 0. The molecule has 2 aliphatic heterocycles. The molecule has 2 atom stereocenters. The first-order chi connectivity index (χ1) is 16.9. The van der Waals surface area contributed by atoms with E-state index in [1.165, 1.54) is 5.01 Å². The number of fused-ring (bicyclic) bond motifs is 1. The Labute approximate surface area is 204 Å². The Balaban J connectivity index is 1.43. The van der Waals surface area contributed by atoms with Gasteiger partial charge in [0.25, 0.3) is 11.8 Å². The highest BCUT2D eigenvalue weighted by Gasteiger charge is 2.41. The van der Waals surface area contributed by atoms with Gasteiger partial charge in [-0.2, -0.15) is 5.10 Å². The Morgan fingerprint density at radius 1 is 1.00 bits per heavy atom. The van der Waals surface area contributed by atoms with Crippen LogP contribution in [0.2, 0.25) is 0 Å². The molecular weight excluding hydrogens is 440 g/mol. The third-order valence-corrected chi connectivity index (χ3v) is 6.54. The van der Waals surface area contributed by atoms with Gasteiger partial charge in [-0.1, -0.05) is 80.6 Å². The molecule has 2 unspecified atom stereocenters. The van der Waals surface area contributed by atoms with E-state index in [1.54, 1.807) is 0 Å². The van der Waals surface area contributed by atoms with Crippen molar-refractivity contribution < 1.29 is 14.4 Å². The van der Waals surface area contributed by atoms with Crippen LogP contribution in [0.1, 0.15) is 43.9 Å². The molecule has 1 saturated heterocycles. The van der Waals surface area contributed by atoms with Crippen LogP contribution in [0.4, 0.5) is 4.79 Å². The Kier molecular flexibility index (Phi) is 6.07. The van der Waals surface area contributed by atoms with Crippen LogP contribution in [-0.4, -0.2) is 46.1 Å². The molecule has 3 aromatic rings. The van der Waals surface area contributed by atoms with Gasteiger partial charge in [-0.3, -0.25) is 14.5 Å². The maximum absolute atomic E-state index is 13.4. The third-order valence-electron chi connectivity index (χ3n) is 6.54. The number of benzene rings is 3. The van der Waals surface area contributed by atoms with E-state index in [2.05, 4.69) is 29.6 Å². The van der Waals surface area contributed by atoms with Gasteiger partial charge in [0.15, 0.2) is 0 Å². The van der Waals surface area contributed by atoms with Gasteiger partial charge >= 0.3 is 6.03 Å². The smallest absolute Gasteiger partial charge is 0.325 e. The SMILES string of the molecule is CC(C)CC1NC(=O)N(CC(=O)N2N=C(c3ccc4ccccc4c3)CC2c2ccccc2)C1=O. The van der Waals surface area contributed by atoms with Crippen LogP contribution in [0.25, 0.3) is 10.8 Å². The highest BCUT2D eigenvalue weighted by atomic mass is 16.2. The lowest BCUT2D eigenvalue weighted by Gasteiger charge is -2.23. The molecule has 0 radical (unpaired) electrons. The summed E-state index contributed by atoms with van der Waals surface area (Å²) in [7, 11) is 0. The Hall–Kier alpha value is -4.00. The van der Waals surface area contributed by atoms with Crippen molar-refractivity contribution in [3.63, 3.8) is 0 Å². The molecule has 35 heavy (non-hydrogen) atoms. The van der Waals surface area contributed by atoms with Gasteiger partial charge in [-0.15, -0.1) is 0 Å². The van der Waals surface area contributed by atoms with E-state index in [0.29, 0.717) is 12.8 Å². The first-order valence-electron chi connectivity index (χ1n) is 12.0. The number of nitrogens with one attached hydrogen (secondary N) is 1. The summed E-state index contributed by atoms with van der Waals surface area (Å²) < 4.78 is 0. The number of hydrogen-bond acceptors (Lipinski definition) is 4. The zero-order chi connectivity index (χ0) is 24.5. The molecule has 0 saturated carbocycles. The summed E-state index contributed by atoms with van der Waals surface area (Å²) in [6, 6.07) is 22.6. The van der Waals surface area contributed by atoms with Crippen molar-refractivity contribution in [1.82, 2.24) is 15.2 Å². The van der Waals surface area contributed by atoms with Crippen molar-refractivity contribution in [2.24, 2.45) is 11.0 Å². The van der Waals surface area contributed by atoms with Crippen LogP contribution in [-0.2, 0) is 9.59 Å². The van der Waals surface area contributed by atoms with Crippen molar-refractivity contribution in [3.8, 4) is 0 Å². The number of hydrazone groups is 1. The molecule has 4 amide bonds. The van der Waals surface area contributed by atoms with E-state index in [0.717, 1.165) is 32.5 Å². The quantitative estimate of drug-likeness (QED) is 0.542. The largest absolute Gasteiger partial charge is 0.326 e. The highest BCUT2D eigenvalue weighted by molar-refractivity contribution is 6.08. The fraction of sp³-hybridized carbons (Fsp3) is 0.286. The van der Waals surface area contributed by atoms with Crippen LogP contribution in [0.15, 0.2) is 77.9 Å². The minimum absolute atomic E-state index is 0.245. The van der Waals surface area contributed by atoms with Crippen molar-refractivity contribution >= 4 is 34.3 Å². The highest BCUT2D eigenvalue weighted by Crippen LogP contribution is 2.33. The maximum Gasteiger partial charge on any atom is 0.325 e. The first kappa shape index (κ1) is 22.8. The van der Waals surface area contributed by atoms with E-state index >= 15 is 0 Å². The number of imide groups is 1. The van der Waals surface area contributed by atoms with Gasteiger partial charge in [0.1, 0.15) is 12.6 Å². The zero-order valence-electron chi connectivity index (χ0n) is 19.8. The molecule has 2 aliphatic rings. The number of carbonyl (C=O) groups is 3. The molecule has 1 N–H and O–H groups in total.